The molecule has 2 heterocycles. The van der Waals surface area contributed by atoms with Crippen molar-refractivity contribution in [3.63, 3.8) is 0 Å². The van der Waals surface area contributed by atoms with Gasteiger partial charge in [0.1, 0.15) is 5.82 Å². The summed E-state index contributed by atoms with van der Waals surface area (Å²) in [6.45, 7) is 7.88. The summed E-state index contributed by atoms with van der Waals surface area (Å²) in [5.41, 5.74) is 3.90. The van der Waals surface area contributed by atoms with Crippen LogP contribution in [0.1, 0.15) is 28.8 Å². The summed E-state index contributed by atoms with van der Waals surface area (Å²) in [7, 11) is 0. The lowest BCUT2D eigenvalue weighted by Crippen LogP contribution is -2.46. The van der Waals surface area contributed by atoms with Crippen molar-refractivity contribution in [1.82, 2.24) is 20.2 Å². The number of aromatic amines is 2. The number of unbranched alkanes of at least 4 members (excludes halogenated alkanes) is 1. The number of nitrogens with one attached hydrogen (secondary N) is 3. The molecule has 0 aliphatic carbocycles. The van der Waals surface area contributed by atoms with E-state index >= 15 is 0 Å². The number of amides is 1. The Labute approximate surface area is 186 Å². The fourth-order valence-corrected chi connectivity index (χ4v) is 4.31. The van der Waals surface area contributed by atoms with E-state index in [1.165, 1.54) is 23.4 Å². The Balaban J connectivity index is 1.19. The summed E-state index contributed by atoms with van der Waals surface area (Å²) in [4.78, 5) is 23.2. The molecule has 0 bridgehead atoms. The zero-order valence-corrected chi connectivity index (χ0v) is 18.5. The average Bonchev–Trinajstić information content (AvgIpc) is 3.13. The van der Waals surface area contributed by atoms with E-state index in [2.05, 4.69) is 56.3 Å². The molecule has 164 valence electrons. The molecule has 1 saturated heterocycles. The molecule has 3 N–H and O–H groups in total. The Morgan fingerprint density at radius 1 is 1.13 bits per heavy atom. The number of hydrogen-bond acceptors (Lipinski definition) is 4. The first kappa shape index (κ1) is 21.5. The first-order valence-corrected chi connectivity index (χ1v) is 11.1. The van der Waals surface area contributed by atoms with E-state index in [0.29, 0.717) is 22.3 Å². The van der Waals surface area contributed by atoms with Gasteiger partial charge in [0.15, 0.2) is 4.77 Å². The lowest BCUT2D eigenvalue weighted by atomic mass is 10.1. The first-order chi connectivity index (χ1) is 15.0. The number of H-pyrrole nitrogens is 2. The first-order valence-electron chi connectivity index (χ1n) is 10.7. The number of imidazole rings is 1. The van der Waals surface area contributed by atoms with E-state index in [1.807, 2.05) is 0 Å². The number of carbonyl (C=O) groups excluding carboxylic acids is 1. The van der Waals surface area contributed by atoms with Crippen LogP contribution in [0.3, 0.4) is 0 Å². The number of fused-ring (bicyclic) bond motifs is 1. The molecule has 1 fully saturated rings. The lowest BCUT2D eigenvalue weighted by Gasteiger charge is -2.36. The van der Waals surface area contributed by atoms with Gasteiger partial charge in [0.25, 0.3) is 5.91 Å². The Morgan fingerprint density at radius 2 is 1.94 bits per heavy atom. The number of hydrogen-bond donors (Lipinski definition) is 3. The van der Waals surface area contributed by atoms with Gasteiger partial charge in [0.2, 0.25) is 0 Å². The summed E-state index contributed by atoms with van der Waals surface area (Å²) >= 11 is 5.05. The molecule has 0 saturated carbocycles. The van der Waals surface area contributed by atoms with E-state index in [-0.39, 0.29) is 11.5 Å². The summed E-state index contributed by atoms with van der Waals surface area (Å²) in [5, 5.41) is 2.90. The topological polar surface area (TPSA) is 67.2 Å². The molecule has 1 aliphatic rings. The molecule has 0 spiro atoms. The van der Waals surface area contributed by atoms with Crippen LogP contribution in [0.5, 0.6) is 0 Å². The van der Waals surface area contributed by atoms with Gasteiger partial charge in [-0.05, 0) is 68.4 Å². The smallest absolute Gasteiger partial charge is 0.253 e. The van der Waals surface area contributed by atoms with E-state index < -0.39 is 5.82 Å². The molecule has 8 heteroatoms. The number of carbonyl (C=O) groups is 1. The number of rotatable bonds is 7. The molecule has 0 unspecified atom stereocenters. The second-order valence-electron chi connectivity index (χ2n) is 8.09. The van der Waals surface area contributed by atoms with Crippen LogP contribution in [0.2, 0.25) is 0 Å². The van der Waals surface area contributed by atoms with Crippen LogP contribution in [0, 0.1) is 17.5 Å². The molecule has 6 nitrogen and oxygen atoms in total. The zero-order chi connectivity index (χ0) is 21.8. The van der Waals surface area contributed by atoms with Crippen LogP contribution in [0.4, 0.5) is 10.1 Å². The van der Waals surface area contributed by atoms with Crippen LogP contribution in [-0.4, -0.2) is 60.0 Å². The lowest BCUT2D eigenvalue weighted by molar-refractivity contribution is 0.0953. The predicted octanol–water partition coefficient (Wildman–Crippen LogP) is 4.01. The monoisotopic (exact) mass is 441 g/mol. The fraction of sp³-hybridized carbons (Fsp3) is 0.391. The van der Waals surface area contributed by atoms with E-state index in [1.54, 1.807) is 0 Å². The van der Waals surface area contributed by atoms with Crippen molar-refractivity contribution in [2.24, 2.45) is 0 Å². The molecular weight excluding hydrogens is 413 g/mol. The van der Waals surface area contributed by atoms with Crippen molar-refractivity contribution >= 4 is 34.8 Å². The summed E-state index contributed by atoms with van der Waals surface area (Å²) in [6.07, 6.45) is 1.89. The quantitative estimate of drug-likeness (QED) is 0.383. The molecular formula is C23H28FN5OS. The molecule has 1 amide bonds. The highest BCUT2D eigenvalue weighted by molar-refractivity contribution is 7.71. The molecule has 0 radical (unpaired) electrons. The number of benzene rings is 2. The molecule has 31 heavy (non-hydrogen) atoms. The van der Waals surface area contributed by atoms with Gasteiger partial charge in [-0.25, -0.2) is 4.39 Å². The molecule has 1 aromatic heterocycles. The minimum atomic E-state index is -0.465. The maximum absolute atomic E-state index is 13.8. The van der Waals surface area contributed by atoms with Crippen LogP contribution < -0.4 is 10.2 Å². The summed E-state index contributed by atoms with van der Waals surface area (Å²) in [6, 6.07) is 11.2. The number of anilines is 1. The number of piperazine rings is 1. The third-order valence-corrected chi connectivity index (χ3v) is 5.96. The fourth-order valence-electron chi connectivity index (χ4n) is 4.10. The van der Waals surface area contributed by atoms with Crippen LogP contribution >= 0.6 is 12.2 Å². The Morgan fingerprint density at radius 3 is 2.71 bits per heavy atom. The van der Waals surface area contributed by atoms with Gasteiger partial charge in [0, 0.05) is 38.4 Å². The van der Waals surface area contributed by atoms with Crippen LogP contribution in [0.25, 0.3) is 11.0 Å². The van der Waals surface area contributed by atoms with Crippen molar-refractivity contribution in [2.75, 3.05) is 44.2 Å². The Hall–Kier alpha value is -2.71. The third-order valence-electron chi connectivity index (χ3n) is 5.76. The predicted molar refractivity (Wildman–Crippen MR) is 125 cm³/mol. The normalized spacial score (nSPS) is 14.8. The Kier molecular flexibility index (Phi) is 6.67. The minimum absolute atomic E-state index is 0.273. The molecule has 1 aliphatic heterocycles. The number of aromatic nitrogens is 2. The van der Waals surface area contributed by atoms with Crippen molar-refractivity contribution in [2.45, 2.75) is 19.8 Å². The molecule has 2 aromatic carbocycles. The highest BCUT2D eigenvalue weighted by Crippen LogP contribution is 2.19. The highest BCUT2D eigenvalue weighted by Gasteiger charge is 2.17. The maximum Gasteiger partial charge on any atom is 0.253 e. The number of halogens is 1. The van der Waals surface area contributed by atoms with Crippen LogP contribution in [0.15, 0.2) is 36.4 Å². The van der Waals surface area contributed by atoms with Gasteiger partial charge in [-0.15, -0.1) is 0 Å². The number of nitrogens with zero attached hydrogens (tertiary/aromatic N) is 2. The minimum Gasteiger partial charge on any atom is -0.369 e. The third kappa shape index (κ3) is 5.32. The van der Waals surface area contributed by atoms with Gasteiger partial charge in [-0.1, -0.05) is 12.1 Å². The van der Waals surface area contributed by atoms with Gasteiger partial charge in [-0.3, -0.25) is 9.69 Å². The van der Waals surface area contributed by atoms with Gasteiger partial charge in [0.05, 0.1) is 16.6 Å². The molecule has 3 aromatic rings. The van der Waals surface area contributed by atoms with Gasteiger partial charge < -0.3 is 20.2 Å². The largest absolute Gasteiger partial charge is 0.369 e. The van der Waals surface area contributed by atoms with E-state index in [4.69, 9.17) is 12.2 Å². The van der Waals surface area contributed by atoms with E-state index in [0.717, 1.165) is 45.6 Å². The van der Waals surface area contributed by atoms with Gasteiger partial charge >= 0.3 is 0 Å². The van der Waals surface area contributed by atoms with Crippen molar-refractivity contribution in [1.29, 1.82) is 0 Å². The highest BCUT2D eigenvalue weighted by atomic mass is 32.1. The number of aryl methyl sites for hydroxylation is 1. The van der Waals surface area contributed by atoms with Crippen molar-refractivity contribution < 1.29 is 9.18 Å². The van der Waals surface area contributed by atoms with Crippen molar-refractivity contribution in [3.05, 3.63) is 58.1 Å². The molecule has 0 atom stereocenters. The Bertz CT molecular complexity index is 1120. The second kappa shape index (κ2) is 9.62. The average molecular weight is 442 g/mol. The summed E-state index contributed by atoms with van der Waals surface area (Å²) in [5.74, 6) is -0.755. The standard InChI is InChI=1S/C23H28FN5OS/c1-16-5-4-6-18(13-16)29-11-9-28(10-12-29)8-3-2-7-25-22(30)19-14-17(24)15-20-21(19)27-23(31)26-20/h4-6,13-15H,2-3,7-12H2,1H3,(H,25,30)(H2,26,27,31). The summed E-state index contributed by atoms with van der Waals surface area (Å²) < 4.78 is 14.2. The van der Waals surface area contributed by atoms with Crippen LogP contribution in [-0.2, 0) is 0 Å². The zero-order valence-electron chi connectivity index (χ0n) is 17.7. The van der Waals surface area contributed by atoms with Gasteiger partial charge in [-0.2, -0.15) is 0 Å². The molecule has 4 rings (SSSR count). The second-order valence-corrected chi connectivity index (χ2v) is 8.49. The van der Waals surface area contributed by atoms with Crippen molar-refractivity contribution in [3.8, 4) is 0 Å². The van der Waals surface area contributed by atoms with E-state index in [9.17, 15) is 9.18 Å². The maximum atomic E-state index is 13.8. The SMILES string of the molecule is Cc1cccc(N2CCN(CCCCNC(=O)c3cc(F)cc4[nH]c(=S)[nH]c34)CC2)c1.